The summed E-state index contributed by atoms with van der Waals surface area (Å²) in [5, 5.41) is 1.76. The molecule has 1 atom stereocenters. The van der Waals surface area contributed by atoms with Crippen molar-refractivity contribution in [3.63, 3.8) is 0 Å². The molecule has 2 aromatic rings. The molecule has 118 valence electrons. The van der Waals surface area contributed by atoms with Crippen LogP contribution in [0.4, 0.5) is 5.69 Å². The molecule has 1 heterocycles. The van der Waals surface area contributed by atoms with Crippen LogP contribution >= 0.6 is 0 Å². The molecule has 5 heteroatoms. The van der Waals surface area contributed by atoms with Gasteiger partial charge in [-0.1, -0.05) is 18.2 Å². The van der Waals surface area contributed by atoms with Crippen LogP contribution in [-0.2, 0) is 10.0 Å². The molecule has 1 aliphatic rings. The number of anilines is 1. The van der Waals surface area contributed by atoms with Crippen molar-refractivity contribution in [2.24, 2.45) is 0 Å². The molecule has 22 heavy (non-hydrogen) atoms. The zero-order valence-corrected chi connectivity index (χ0v) is 14.1. The van der Waals surface area contributed by atoms with E-state index in [1.807, 2.05) is 56.3 Å². The summed E-state index contributed by atoms with van der Waals surface area (Å²) >= 11 is 0. The Morgan fingerprint density at radius 2 is 1.95 bits per heavy atom. The van der Waals surface area contributed by atoms with Gasteiger partial charge in [-0.2, -0.15) is 4.31 Å². The highest BCUT2D eigenvalue weighted by Crippen LogP contribution is 2.31. The van der Waals surface area contributed by atoms with E-state index >= 15 is 0 Å². The first kappa shape index (κ1) is 15.3. The minimum absolute atomic E-state index is 0.0845. The molecule has 1 aliphatic heterocycles. The van der Waals surface area contributed by atoms with Crippen LogP contribution < -0.4 is 4.90 Å². The van der Waals surface area contributed by atoms with Gasteiger partial charge in [-0.15, -0.1) is 0 Å². The summed E-state index contributed by atoms with van der Waals surface area (Å²) < 4.78 is 27.6. The molecule has 0 radical (unpaired) electrons. The van der Waals surface area contributed by atoms with Crippen molar-refractivity contribution < 1.29 is 8.42 Å². The molecule has 3 rings (SSSR count). The highest BCUT2D eigenvalue weighted by molar-refractivity contribution is 7.89. The predicted octanol–water partition coefficient (Wildman–Crippen LogP) is 3.08. The lowest BCUT2D eigenvalue weighted by Gasteiger charge is -2.22. The maximum Gasteiger partial charge on any atom is 0.243 e. The molecule has 1 fully saturated rings. The molecule has 2 aromatic carbocycles. The van der Waals surface area contributed by atoms with Crippen LogP contribution in [0.15, 0.2) is 41.3 Å². The van der Waals surface area contributed by atoms with E-state index in [1.54, 1.807) is 10.4 Å². The molecule has 0 N–H and O–H groups in total. The standard InChI is InChI=1S/C17H22N2O2S/c1-13-6-5-11-19(13)22(20,21)17-8-4-7-14-12-15(18(2)3)9-10-16(14)17/h4,7-10,12-13H,5-6,11H2,1-3H3/t13-/m1/s1. The first-order valence-electron chi connectivity index (χ1n) is 7.63. The second-order valence-electron chi connectivity index (χ2n) is 6.16. The van der Waals surface area contributed by atoms with Crippen LogP contribution in [0.3, 0.4) is 0 Å². The van der Waals surface area contributed by atoms with Gasteiger partial charge in [0.2, 0.25) is 10.0 Å². The van der Waals surface area contributed by atoms with Gasteiger partial charge >= 0.3 is 0 Å². The quantitative estimate of drug-likeness (QED) is 0.873. The molecular weight excluding hydrogens is 296 g/mol. The van der Waals surface area contributed by atoms with Gasteiger partial charge in [0, 0.05) is 37.8 Å². The van der Waals surface area contributed by atoms with Crippen LogP contribution in [0.1, 0.15) is 19.8 Å². The Bertz CT molecular complexity index is 799. The van der Waals surface area contributed by atoms with Crippen molar-refractivity contribution in [3.8, 4) is 0 Å². The van der Waals surface area contributed by atoms with Crippen molar-refractivity contribution in [2.45, 2.75) is 30.7 Å². The Hall–Kier alpha value is -1.59. The Labute approximate surface area is 132 Å². The van der Waals surface area contributed by atoms with Crippen LogP contribution in [0, 0.1) is 0 Å². The van der Waals surface area contributed by atoms with Gasteiger partial charge in [0.15, 0.2) is 0 Å². The second kappa shape index (κ2) is 5.56. The van der Waals surface area contributed by atoms with Gasteiger partial charge in [-0.25, -0.2) is 8.42 Å². The smallest absolute Gasteiger partial charge is 0.243 e. The minimum atomic E-state index is -3.43. The topological polar surface area (TPSA) is 40.6 Å². The lowest BCUT2D eigenvalue weighted by atomic mass is 10.1. The van der Waals surface area contributed by atoms with E-state index < -0.39 is 10.0 Å². The third-order valence-electron chi connectivity index (χ3n) is 4.42. The first-order chi connectivity index (χ1) is 10.4. The van der Waals surface area contributed by atoms with Crippen molar-refractivity contribution in [2.75, 3.05) is 25.5 Å². The van der Waals surface area contributed by atoms with Gasteiger partial charge in [0.05, 0.1) is 4.90 Å². The lowest BCUT2D eigenvalue weighted by Crippen LogP contribution is -2.33. The molecule has 0 aromatic heterocycles. The van der Waals surface area contributed by atoms with Crippen LogP contribution in [0.5, 0.6) is 0 Å². The number of fused-ring (bicyclic) bond motifs is 1. The number of hydrogen-bond donors (Lipinski definition) is 0. The van der Waals surface area contributed by atoms with E-state index in [0.717, 1.165) is 29.3 Å². The molecule has 0 bridgehead atoms. The molecular formula is C17H22N2O2S. The van der Waals surface area contributed by atoms with E-state index in [1.165, 1.54) is 0 Å². The lowest BCUT2D eigenvalue weighted by molar-refractivity contribution is 0.409. The molecule has 4 nitrogen and oxygen atoms in total. The SMILES string of the molecule is C[C@@H]1CCCN1S(=O)(=O)c1cccc2cc(N(C)C)ccc12. The normalized spacial score (nSPS) is 19.7. The summed E-state index contributed by atoms with van der Waals surface area (Å²) in [6, 6.07) is 11.5. The van der Waals surface area contributed by atoms with E-state index in [2.05, 4.69) is 0 Å². The van der Waals surface area contributed by atoms with Crippen LogP contribution in [0.25, 0.3) is 10.8 Å². The summed E-state index contributed by atoms with van der Waals surface area (Å²) in [4.78, 5) is 2.44. The van der Waals surface area contributed by atoms with Crippen LogP contribution in [0.2, 0.25) is 0 Å². The van der Waals surface area contributed by atoms with Crippen molar-refractivity contribution in [3.05, 3.63) is 36.4 Å². The second-order valence-corrected chi connectivity index (χ2v) is 8.02. The summed E-state index contributed by atoms with van der Waals surface area (Å²) in [6.45, 7) is 2.61. The Morgan fingerprint density at radius 1 is 1.18 bits per heavy atom. The third kappa shape index (κ3) is 2.48. The molecule has 0 amide bonds. The van der Waals surface area contributed by atoms with E-state index in [0.29, 0.717) is 11.4 Å². The number of nitrogens with zero attached hydrogens (tertiary/aromatic N) is 2. The molecule has 0 spiro atoms. The summed E-state index contributed by atoms with van der Waals surface area (Å²) in [6.07, 6.45) is 1.88. The maximum atomic E-state index is 13.0. The monoisotopic (exact) mass is 318 g/mol. The molecule has 0 aliphatic carbocycles. The number of rotatable bonds is 3. The summed E-state index contributed by atoms with van der Waals surface area (Å²) in [7, 11) is 0.532. The first-order valence-corrected chi connectivity index (χ1v) is 9.07. The number of benzene rings is 2. The predicted molar refractivity (Wildman–Crippen MR) is 90.9 cm³/mol. The van der Waals surface area contributed by atoms with Gasteiger partial charge < -0.3 is 4.90 Å². The average Bonchev–Trinajstić information content (AvgIpc) is 2.92. The largest absolute Gasteiger partial charge is 0.378 e. The molecule has 0 unspecified atom stereocenters. The van der Waals surface area contributed by atoms with Crippen molar-refractivity contribution >= 4 is 26.5 Å². The summed E-state index contributed by atoms with van der Waals surface area (Å²) in [5.41, 5.74) is 1.07. The van der Waals surface area contributed by atoms with Gasteiger partial charge in [-0.05, 0) is 43.4 Å². The minimum Gasteiger partial charge on any atom is -0.378 e. The Balaban J connectivity index is 2.15. The van der Waals surface area contributed by atoms with Crippen molar-refractivity contribution in [1.82, 2.24) is 4.31 Å². The van der Waals surface area contributed by atoms with E-state index in [-0.39, 0.29) is 6.04 Å². The Kier molecular flexibility index (Phi) is 3.87. The highest BCUT2D eigenvalue weighted by atomic mass is 32.2. The van der Waals surface area contributed by atoms with Crippen molar-refractivity contribution in [1.29, 1.82) is 0 Å². The fourth-order valence-corrected chi connectivity index (χ4v) is 5.05. The number of hydrogen-bond acceptors (Lipinski definition) is 3. The summed E-state index contributed by atoms with van der Waals surface area (Å²) in [5.74, 6) is 0. The van der Waals surface area contributed by atoms with E-state index in [4.69, 9.17) is 0 Å². The Morgan fingerprint density at radius 3 is 2.59 bits per heavy atom. The number of sulfonamides is 1. The van der Waals surface area contributed by atoms with Gasteiger partial charge in [0.25, 0.3) is 0 Å². The fourth-order valence-electron chi connectivity index (χ4n) is 3.13. The van der Waals surface area contributed by atoms with Crippen LogP contribution in [-0.4, -0.2) is 39.4 Å². The van der Waals surface area contributed by atoms with Gasteiger partial charge in [0.1, 0.15) is 0 Å². The zero-order chi connectivity index (χ0) is 15.9. The average molecular weight is 318 g/mol. The maximum absolute atomic E-state index is 13.0. The highest BCUT2D eigenvalue weighted by Gasteiger charge is 2.33. The fraction of sp³-hybridized carbons (Fsp3) is 0.412. The molecule has 1 saturated heterocycles. The third-order valence-corrected chi connectivity index (χ3v) is 6.49. The molecule has 0 saturated carbocycles. The van der Waals surface area contributed by atoms with Gasteiger partial charge in [-0.3, -0.25) is 0 Å². The van der Waals surface area contributed by atoms with E-state index in [9.17, 15) is 8.42 Å². The zero-order valence-electron chi connectivity index (χ0n) is 13.3.